The molecule has 0 bridgehead atoms. The van der Waals surface area contributed by atoms with E-state index in [0.717, 1.165) is 49.7 Å². The summed E-state index contributed by atoms with van der Waals surface area (Å²) in [6.07, 6.45) is 2.09. The molecule has 0 spiro atoms. The van der Waals surface area contributed by atoms with Gasteiger partial charge in [0.05, 0.1) is 13.1 Å². The highest BCUT2D eigenvalue weighted by molar-refractivity contribution is 9.10. The predicted molar refractivity (Wildman–Crippen MR) is 114 cm³/mol. The Hall–Kier alpha value is -1.05. The maximum Gasteiger partial charge on any atom is 0.194 e. The first-order valence-corrected chi connectivity index (χ1v) is 10.5. The maximum atomic E-state index is 4.92. The van der Waals surface area contributed by atoms with Crippen LogP contribution in [0.15, 0.2) is 21.7 Å². The van der Waals surface area contributed by atoms with Gasteiger partial charge in [-0.15, -0.1) is 0 Å². The lowest BCUT2D eigenvalue weighted by Gasteiger charge is -2.37. The minimum atomic E-state index is 0.472. The second kappa shape index (κ2) is 10.3. The minimum Gasteiger partial charge on any atom is -0.357 e. The summed E-state index contributed by atoms with van der Waals surface area (Å²) < 4.78 is 3.27. The molecule has 1 aromatic heterocycles. The fourth-order valence-electron chi connectivity index (χ4n) is 3.37. The summed E-state index contributed by atoms with van der Waals surface area (Å²) in [5.41, 5.74) is 1.26. The van der Waals surface area contributed by atoms with Gasteiger partial charge in [0, 0.05) is 69.2 Å². The Balaban J connectivity index is 1.93. The molecule has 1 aliphatic heterocycles. The van der Waals surface area contributed by atoms with Crippen LogP contribution in [-0.2, 0) is 13.6 Å². The van der Waals surface area contributed by atoms with E-state index in [-0.39, 0.29) is 0 Å². The lowest BCUT2D eigenvalue weighted by Crippen LogP contribution is -2.50. The molecular formula is C19H35BrN6. The molecule has 6 nitrogen and oxygen atoms in total. The Labute approximate surface area is 167 Å². The number of aromatic nitrogens is 1. The van der Waals surface area contributed by atoms with Gasteiger partial charge in [0.1, 0.15) is 0 Å². The van der Waals surface area contributed by atoms with E-state index in [1.165, 1.54) is 18.8 Å². The lowest BCUT2D eigenvalue weighted by molar-refractivity contribution is 0.109. The van der Waals surface area contributed by atoms with Gasteiger partial charge in [0.25, 0.3) is 0 Å². The first-order valence-electron chi connectivity index (χ1n) is 9.71. The van der Waals surface area contributed by atoms with E-state index in [0.29, 0.717) is 6.04 Å². The first kappa shape index (κ1) is 21.3. The van der Waals surface area contributed by atoms with Crippen LogP contribution >= 0.6 is 15.9 Å². The zero-order chi connectivity index (χ0) is 19.1. The van der Waals surface area contributed by atoms with E-state index in [4.69, 9.17) is 4.99 Å². The largest absolute Gasteiger partial charge is 0.357 e. The zero-order valence-corrected chi connectivity index (χ0v) is 18.6. The van der Waals surface area contributed by atoms with E-state index in [2.05, 4.69) is 87.6 Å². The Morgan fingerprint density at radius 3 is 2.54 bits per heavy atom. The van der Waals surface area contributed by atoms with Gasteiger partial charge >= 0.3 is 0 Å². The number of rotatable bonds is 7. The van der Waals surface area contributed by atoms with Crippen LogP contribution in [-0.4, -0.2) is 84.1 Å². The second-order valence-corrected chi connectivity index (χ2v) is 8.05. The maximum absolute atomic E-state index is 4.92. The SMILES string of the molecule is CCNC(=NCC(C)N1CCN(CC)CC1)N(C)Cc1cc(Br)cn1C. The zero-order valence-electron chi connectivity index (χ0n) is 17.0. The molecular weight excluding hydrogens is 392 g/mol. The number of likely N-dealkylation sites (N-methyl/N-ethyl adjacent to an activating group) is 1. The van der Waals surface area contributed by atoms with Crippen molar-refractivity contribution in [3.8, 4) is 0 Å². The van der Waals surface area contributed by atoms with E-state index in [1.54, 1.807) is 0 Å². The molecule has 1 fully saturated rings. The van der Waals surface area contributed by atoms with E-state index < -0.39 is 0 Å². The summed E-state index contributed by atoms with van der Waals surface area (Å²) in [7, 11) is 4.18. The molecule has 1 N–H and O–H groups in total. The van der Waals surface area contributed by atoms with Crippen molar-refractivity contribution in [2.24, 2.45) is 12.0 Å². The van der Waals surface area contributed by atoms with E-state index >= 15 is 0 Å². The van der Waals surface area contributed by atoms with E-state index in [9.17, 15) is 0 Å². The molecule has 7 heteroatoms. The number of halogens is 1. The standard InChI is InChI=1S/C19H35BrN6/c1-6-21-19(24(5)15-18-12-17(20)14-23(18)4)22-13-16(3)26-10-8-25(7-2)9-11-26/h12,14,16H,6-11,13,15H2,1-5H3,(H,21,22). The van der Waals surface area contributed by atoms with Crippen molar-refractivity contribution >= 4 is 21.9 Å². The van der Waals surface area contributed by atoms with Crippen molar-refractivity contribution in [3.63, 3.8) is 0 Å². The predicted octanol–water partition coefficient (Wildman–Crippen LogP) is 2.21. The van der Waals surface area contributed by atoms with Crippen LogP contribution in [0.25, 0.3) is 0 Å². The van der Waals surface area contributed by atoms with Crippen molar-refractivity contribution < 1.29 is 0 Å². The minimum absolute atomic E-state index is 0.472. The van der Waals surface area contributed by atoms with Crippen molar-refractivity contribution in [2.75, 3.05) is 52.9 Å². The Bertz CT molecular complexity index is 577. The van der Waals surface area contributed by atoms with Gasteiger partial charge < -0.3 is 19.7 Å². The fourth-order valence-corrected chi connectivity index (χ4v) is 3.94. The number of nitrogens with zero attached hydrogens (tertiary/aromatic N) is 5. The Kier molecular flexibility index (Phi) is 8.44. The van der Waals surface area contributed by atoms with Crippen molar-refractivity contribution in [1.82, 2.24) is 24.6 Å². The lowest BCUT2D eigenvalue weighted by atomic mass is 10.2. The summed E-state index contributed by atoms with van der Waals surface area (Å²) in [5.74, 6) is 0.976. The average Bonchev–Trinajstić information content (AvgIpc) is 2.95. The number of nitrogens with one attached hydrogen (secondary N) is 1. The fraction of sp³-hybridized carbons (Fsp3) is 0.737. The van der Waals surface area contributed by atoms with Gasteiger partial charge in [-0.05, 0) is 42.4 Å². The van der Waals surface area contributed by atoms with E-state index in [1.807, 2.05) is 0 Å². The third kappa shape index (κ3) is 5.99. The molecule has 1 unspecified atom stereocenters. The highest BCUT2D eigenvalue weighted by Gasteiger charge is 2.20. The molecule has 1 aromatic rings. The molecule has 2 rings (SSSR count). The van der Waals surface area contributed by atoms with Crippen LogP contribution in [0, 0.1) is 0 Å². The summed E-state index contributed by atoms with van der Waals surface area (Å²) >= 11 is 3.55. The summed E-state index contributed by atoms with van der Waals surface area (Å²) in [4.78, 5) is 12.2. The molecule has 0 radical (unpaired) electrons. The van der Waals surface area contributed by atoms with Crippen LogP contribution in [0.1, 0.15) is 26.5 Å². The van der Waals surface area contributed by atoms with Gasteiger partial charge in [-0.3, -0.25) is 9.89 Å². The van der Waals surface area contributed by atoms with Crippen LogP contribution < -0.4 is 5.32 Å². The highest BCUT2D eigenvalue weighted by atomic mass is 79.9. The van der Waals surface area contributed by atoms with Crippen molar-refractivity contribution in [2.45, 2.75) is 33.4 Å². The number of guanidine groups is 1. The van der Waals surface area contributed by atoms with Gasteiger partial charge in [-0.2, -0.15) is 0 Å². The quantitative estimate of drug-likeness (QED) is 0.535. The molecule has 0 aromatic carbocycles. The van der Waals surface area contributed by atoms with Crippen molar-refractivity contribution in [3.05, 3.63) is 22.4 Å². The highest BCUT2D eigenvalue weighted by Crippen LogP contribution is 2.15. The molecule has 1 atom stereocenters. The molecule has 0 aliphatic carbocycles. The third-order valence-corrected chi connectivity index (χ3v) is 5.59. The van der Waals surface area contributed by atoms with Crippen LogP contribution in [0.3, 0.4) is 0 Å². The molecule has 1 aliphatic rings. The molecule has 2 heterocycles. The number of hydrogen-bond acceptors (Lipinski definition) is 3. The van der Waals surface area contributed by atoms with Gasteiger partial charge in [-0.25, -0.2) is 0 Å². The second-order valence-electron chi connectivity index (χ2n) is 7.13. The number of aliphatic imine (C=N–C) groups is 1. The number of aryl methyl sites for hydroxylation is 1. The summed E-state index contributed by atoms with van der Waals surface area (Å²) in [5, 5.41) is 3.43. The van der Waals surface area contributed by atoms with Gasteiger partial charge in [0.15, 0.2) is 5.96 Å². The molecule has 26 heavy (non-hydrogen) atoms. The van der Waals surface area contributed by atoms with Crippen LogP contribution in [0.2, 0.25) is 0 Å². The Morgan fingerprint density at radius 1 is 1.31 bits per heavy atom. The van der Waals surface area contributed by atoms with Crippen LogP contribution in [0.4, 0.5) is 0 Å². The topological polar surface area (TPSA) is 39.0 Å². The summed E-state index contributed by atoms with van der Waals surface area (Å²) in [6, 6.07) is 2.64. The smallest absolute Gasteiger partial charge is 0.194 e. The van der Waals surface area contributed by atoms with Crippen LogP contribution in [0.5, 0.6) is 0 Å². The van der Waals surface area contributed by atoms with Gasteiger partial charge in [0.2, 0.25) is 0 Å². The molecule has 1 saturated heterocycles. The Morgan fingerprint density at radius 2 is 2.00 bits per heavy atom. The average molecular weight is 427 g/mol. The number of piperazine rings is 1. The molecule has 148 valence electrons. The number of hydrogen-bond donors (Lipinski definition) is 1. The summed E-state index contributed by atoms with van der Waals surface area (Å²) in [6.45, 7) is 15.0. The van der Waals surface area contributed by atoms with Crippen molar-refractivity contribution in [1.29, 1.82) is 0 Å². The first-order chi connectivity index (χ1) is 12.4. The molecule has 0 amide bonds. The van der Waals surface area contributed by atoms with Gasteiger partial charge in [-0.1, -0.05) is 6.92 Å². The third-order valence-electron chi connectivity index (χ3n) is 5.15. The molecule has 0 saturated carbocycles. The monoisotopic (exact) mass is 426 g/mol. The normalized spacial score (nSPS) is 18.2.